The van der Waals surface area contributed by atoms with Gasteiger partial charge in [0.05, 0.1) is 22.5 Å². The third kappa shape index (κ3) is 3.72. The van der Waals surface area contributed by atoms with Gasteiger partial charge in [-0.25, -0.2) is 0 Å². The number of rotatable bonds is 3. The van der Waals surface area contributed by atoms with Crippen LogP contribution >= 0.6 is 11.8 Å². The van der Waals surface area contributed by atoms with Gasteiger partial charge >= 0.3 is 0 Å². The molecule has 0 saturated carbocycles. The fraction of sp³-hybridized carbons (Fsp3) is 0.111. The number of para-hydroxylation sites is 2. The molecule has 5 aromatic rings. The molecule has 1 aliphatic heterocycles. The van der Waals surface area contributed by atoms with Crippen LogP contribution in [-0.2, 0) is 6.42 Å². The molecule has 8 rings (SSSR count). The van der Waals surface area contributed by atoms with Crippen molar-refractivity contribution in [2.45, 2.75) is 29.0 Å². The lowest BCUT2D eigenvalue weighted by atomic mass is 10.0. The number of allylic oxidation sites excluding steroid dienone is 3. The minimum absolute atomic E-state index is 0.317. The van der Waals surface area contributed by atoms with Crippen LogP contribution in [0.25, 0.3) is 33.8 Å². The Morgan fingerprint density at radius 2 is 1.51 bits per heavy atom. The Morgan fingerprint density at radius 1 is 0.718 bits per heavy atom. The van der Waals surface area contributed by atoms with E-state index in [0.29, 0.717) is 11.3 Å². The lowest BCUT2D eigenvalue weighted by molar-refractivity contribution is 0.778. The molecule has 0 amide bonds. The standard InChI is InChI=1S/C36H28N2S/c1-2-10-27(11-3-1)38-33-16-8-9-17-35(33)39-36-24-26(20-23-34(36)38)25-18-21-28(22-19-25)37-31-14-6-4-12-29(31)30-13-5-7-15-32(30)37/h1-6,8-14,16-24,33,35H,7,15H2. The Bertz CT molecular complexity index is 1790. The molecular formula is C36H28N2S. The summed E-state index contributed by atoms with van der Waals surface area (Å²) >= 11 is 1.98. The Morgan fingerprint density at radius 3 is 2.41 bits per heavy atom. The van der Waals surface area contributed by atoms with Gasteiger partial charge < -0.3 is 9.47 Å². The first kappa shape index (κ1) is 22.7. The smallest absolute Gasteiger partial charge is 0.0683 e. The molecule has 2 aliphatic carbocycles. The zero-order chi connectivity index (χ0) is 25.8. The molecule has 0 N–H and O–H groups in total. The first-order chi connectivity index (χ1) is 19.3. The SMILES string of the molecule is C1=CC2Sc3cc(-c4ccc(-n5c6c(c7ccccc75)C=CCC6)cc4)ccc3N(c3ccccc3)C2C=C1. The highest BCUT2D eigenvalue weighted by Gasteiger charge is 2.34. The highest BCUT2D eigenvalue weighted by molar-refractivity contribution is 8.00. The topological polar surface area (TPSA) is 8.17 Å². The number of thioether (sulfide) groups is 1. The highest BCUT2D eigenvalue weighted by atomic mass is 32.2. The maximum atomic E-state index is 2.50. The summed E-state index contributed by atoms with van der Waals surface area (Å²) in [7, 11) is 0. The Kier molecular flexibility index (Phi) is 5.37. The van der Waals surface area contributed by atoms with Gasteiger partial charge in [0, 0.05) is 32.9 Å². The van der Waals surface area contributed by atoms with Crippen molar-refractivity contribution in [1.29, 1.82) is 0 Å². The predicted molar refractivity (Wildman–Crippen MR) is 166 cm³/mol. The average Bonchev–Trinajstić information content (AvgIpc) is 3.34. The van der Waals surface area contributed by atoms with Crippen LogP contribution in [0, 0.1) is 0 Å². The first-order valence-corrected chi connectivity index (χ1v) is 14.6. The van der Waals surface area contributed by atoms with Crippen LogP contribution in [-0.4, -0.2) is 15.9 Å². The van der Waals surface area contributed by atoms with Crippen molar-refractivity contribution in [3.8, 4) is 16.8 Å². The van der Waals surface area contributed by atoms with E-state index in [0.717, 1.165) is 12.8 Å². The zero-order valence-corrected chi connectivity index (χ0v) is 22.4. The molecule has 1 aromatic heterocycles. The van der Waals surface area contributed by atoms with E-state index in [1.807, 2.05) is 11.8 Å². The summed E-state index contributed by atoms with van der Waals surface area (Å²) in [6.07, 6.45) is 15.8. The van der Waals surface area contributed by atoms with Gasteiger partial charge in [0.25, 0.3) is 0 Å². The Balaban J connectivity index is 1.18. The van der Waals surface area contributed by atoms with E-state index in [1.54, 1.807) is 0 Å². The van der Waals surface area contributed by atoms with E-state index in [-0.39, 0.29) is 0 Å². The van der Waals surface area contributed by atoms with Crippen LogP contribution in [0.2, 0.25) is 0 Å². The predicted octanol–water partition coefficient (Wildman–Crippen LogP) is 9.36. The molecule has 2 unspecified atom stereocenters. The van der Waals surface area contributed by atoms with Crippen LogP contribution in [0.5, 0.6) is 0 Å². The van der Waals surface area contributed by atoms with Gasteiger partial charge in [-0.15, -0.1) is 11.8 Å². The lowest BCUT2D eigenvalue weighted by Crippen LogP contribution is -2.41. The molecule has 3 heteroatoms. The molecule has 39 heavy (non-hydrogen) atoms. The number of hydrogen-bond donors (Lipinski definition) is 0. The first-order valence-electron chi connectivity index (χ1n) is 13.7. The van der Waals surface area contributed by atoms with Crippen molar-refractivity contribution in [3.05, 3.63) is 139 Å². The van der Waals surface area contributed by atoms with Gasteiger partial charge in [-0.2, -0.15) is 0 Å². The Hall–Kier alpha value is -4.21. The van der Waals surface area contributed by atoms with E-state index in [4.69, 9.17) is 0 Å². The maximum Gasteiger partial charge on any atom is 0.0683 e. The number of nitrogens with zero attached hydrogens (tertiary/aromatic N) is 2. The number of hydrogen-bond acceptors (Lipinski definition) is 2. The summed E-state index contributed by atoms with van der Waals surface area (Å²) in [6, 6.07) is 36.0. The molecule has 2 nitrogen and oxygen atoms in total. The third-order valence-corrected chi connectivity index (χ3v) is 9.47. The molecule has 0 fully saturated rings. The van der Waals surface area contributed by atoms with E-state index in [9.17, 15) is 0 Å². The lowest BCUT2D eigenvalue weighted by Gasteiger charge is -2.42. The largest absolute Gasteiger partial charge is 0.332 e. The number of aromatic nitrogens is 1. The maximum absolute atomic E-state index is 2.50. The van der Waals surface area contributed by atoms with Crippen molar-refractivity contribution < 1.29 is 0 Å². The van der Waals surface area contributed by atoms with Gasteiger partial charge in [0.15, 0.2) is 0 Å². The second-order valence-electron chi connectivity index (χ2n) is 10.4. The van der Waals surface area contributed by atoms with Crippen molar-refractivity contribution >= 4 is 40.1 Å². The van der Waals surface area contributed by atoms with Crippen molar-refractivity contribution in [3.63, 3.8) is 0 Å². The Labute approximate surface area is 233 Å². The second-order valence-corrected chi connectivity index (χ2v) is 11.7. The van der Waals surface area contributed by atoms with Gasteiger partial charge in [-0.05, 0) is 66.4 Å². The van der Waals surface area contributed by atoms with Crippen molar-refractivity contribution in [2.75, 3.05) is 4.90 Å². The number of fused-ring (bicyclic) bond motifs is 5. The molecular weight excluding hydrogens is 492 g/mol. The van der Waals surface area contributed by atoms with Crippen molar-refractivity contribution in [1.82, 2.24) is 4.57 Å². The van der Waals surface area contributed by atoms with Crippen LogP contribution in [0.3, 0.4) is 0 Å². The summed E-state index contributed by atoms with van der Waals surface area (Å²) in [6.45, 7) is 0. The molecule has 4 aromatic carbocycles. The summed E-state index contributed by atoms with van der Waals surface area (Å²) < 4.78 is 2.46. The van der Waals surface area contributed by atoms with E-state index >= 15 is 0 Å². The summed E-state index contributed by atoms with van der Waals surface area (Å²) in [5, 5.41) is 1.73. The molecule has 0 saturated heterocycles. The summed E-state index contributed by atoms with van der Waals surface area (Å²) in [5.41, 5.74) is 10.3. The fourth-order valence-corrected chi connectivity index (χ4v) is 7.68. The van der Waals surface area contributed by atoms with Crippen LogP contribution in [0.4, 0.5) is 11.4 Å². The molecule has 0 spiro atoms. The molecule has 0 radical (unpaired) electrons. The summed E-state index contributed by atoms with van der Waals surface area (Å²) in [4.78, 5) is 3.83. The van der Waals surface area contributed by atoms with E-state index < -0.39 is 0 Å². The minimum atomic E-state index is 0.317. The minimum Gasteiger partial charge on any atom is -0.332 e. The zero-order valence-electron chi connectivity index (χ0n) is 21.6. The van der Waals surface area contributed by atoms with Crippen LogP contribution in [0.15, 0.2) is 132 Å². The molecule has 2 atom stereocenters. The second kappa shape index (κ2) is 9.21. The molecule has 188 valence electrons. The normalized spacial score (nSPS) is 19.1. The number of benzene rings is 4. The number of anilines is 2. The third-order valence-electron chi connectivity index (χ3n) is 8.18. The van der Waals surface area contributed by atoms with Gasteiger partial charge in [-0.1, -0.05) is 91.1 Å². The average molecular weight is 521 g/mol. The van der Waals surface area contributed by atoms with E-state index in [1.165, 1.54) is 55.2 Å². The van der Waals surface area contributed by atoms with Gasteiger partial charge in [0.1, 0.15) is 0 Å². The quantitative estimate of drug-likeness (QED) is 0.234. The molecule has 0 bridgehead atoms. The van der Waals surface area contributed by atoms with Crippen molar-refractivity contribution in [2.24, 2.45) is 0 Å². The van der Waals surface area contributed by atoms with Gasteiger partial charge in [-0.3, -0.25) is 0 Å². The highest BCUT2D eigenvalue weighted by Crippen LogP contribution is 2.48. The fourth-order valence-electron chi connectivity index (χ4n) is 6.38. The van der Waals surface area contributed by atoms with E-state index in [2.05, 4.69) is 143 Å². The monoisotopic (exact) mass is 520 g/mol. The molecule has 2 heterocycles. The molecule has 3 aliphatic rings. The summed E-state index contributed by atoms with van der Waals surface area (Å²) in [5.74, 6) is 0. The van der Waals surface area contributed by atoms with Gasteiger partial charge in [0.2, 0.25) is 0 Å². The van der Waals surface area contributed by atoms with Crippen LogP contribution in [0.1, 0.15) is 17.7 Å². The van der Waals surface area contributed by atoms with Crippen LogP contribution < -0.4 is 4.90 Å².